The second-order valence-corrected chi connectivity index (χ2v) is 5.83. The summed E-state index contributed by atoms with van der Waals surface area (Å²) in [4.78, 5) is 13.5. The first-order chi connectivity index (χ1) is 8.49. The van der Waals surface area contributed by atoms with Crippen LogP contribution < -0.4 is 4.72 Å². The normalized spacial score (nSPS) is 24.2. The van der Waals surface area contributed by atoms with E-state index in [1.54, 1.807) is 0 Å². The summed E-state index contributed by atoms with van der Waals surface area (Å²) in [5, 5.41) is 8.74. The maximum Gasteiger partial charge on any atom is 0.332 e. The highest BCUT2D eigenvalue weighted by molar-refractivity contribution is 7.89. The number of carboxylic acids is 1. The molecule has 7 nitrogen and oxygen atoms in total. The molecule has 0 aliphatic carbocycles. The maximum absolute atomic E-state index is 11.8. The van der Waals surface area contributed by atoms with Crippen LogP contribution >= 0.6 is 0 Å². The van der Waals surface area contributed by atoms with Crippen LogP contribution in [0.5, 0.6) is 0 Å². The highest BCUT2D eigenvalue weighted by atomic mass is 32.2. The molecule has 1 fully saturated rings. The molecule has 0 saturated carbocycles. The van der Waals surface area contributed by atoms with Crippen LogP contribution in [0.2, 0.25) is 0 Å². The van der Waals surface area contributed by atoms with E-state index in [4.69, 9.17) is 9.84 Å². The van der Waals surface area contributed by atoms with Crippen molar-refractivity contribution in [2.24, 2.45) is 0 Å². The number of sulfonamides is 1. The van der Waals surface area contributed by atoms with Gasteiger partial charge in [0.25, 0.3) is 0 Å². The maximum atomic E-state index is 11.8. The third-order valence-electron chi connectivity index (χ3n) is 2.76. The molecule has 0 bridgehead atoms. The molecule has 2 unspecified atom stereocenters. The predicted octanol–water partition coefficient (Wildman–Crippen LogP) is -0.0748. The van der Waals surface area contributed by atoms with Crippen molar-refractivity contribution in [3.8, 4) is 0 Å². The molecule has 1 aliphatic heterocycles. The molecular formula is C10H14N2O5S. The fraction of sp³-hybridized carbons (Fsp3) is 0.500. The van der Waals surface area contributed by atoms with Gasteiger partial charge in [-0.1, -0.05) is 0 Å². The van der Waals surface area contributed by atoms with E-state index in [1.165, 1.54) is 18.5 Å². The number of hydrogen-bond donors (Lipinski definition) is 3. The zero-order valence-electron chi connectivity index (χ0n) is 9.50. The van der Waals surface area contributed by atoms with Crippen molar-refractivity contribution >= 4 is 16.0 Å². The average Bonchev–Trinajstić information content (AvgIpc) is 2.98. The lowest BCUT2D eigenvalue weighted by molar-refractivity contribution is -0.149. The number of aromatic amines is 1. The summed E-state index contributed by atoms with van der Waals surface area (Å²) < 4.78 is 31.1. The molecule has 3 N–H and O–H groups in total. The first-order valence-electron chi connectivity index (χ1n) is 5.50. The topological polar surface area (TPSA) is 108 Å². The van der Waals surface area contributed by atoms with Gasteiger partial charge in [-0.15, -0.1) is 0 Å². The van der Waals surface area contributed by atoms with Gasteiger partial charge in [0.2, 0.25) is 10.0 Å². The summed E-state index contributed by atoms with van der Waals surface area (Å²) in [6, 6.07) is 1.44. The lowest BCUT2D eigenvalue weighted by Gasteiger charge is -2.12. The first-order valence-corrected chi connectivity index (χ1v) is 6.98. The number of aliphatic carboxylic acids is 1. The third-order valence-corrected chi connectivity index (χ3v) is 4.18. The quantitative estimate of drug-likeness (QED) is 0.696. The summed E-state index contributed by atoms with van der Waals surface area (Å²) >= 11 is 0. The van der Waals surface area contributed by atoms with E-state index in [9.17, 15) is 13.2 Å². The van der Waals surface area contributed by atoms with Gasteiger partial charge in [-0.2, -0.15) is 0 Å². The third kappa shape index (κ3) is 2.89. The van der Waals surface area contributed by atoms with E-state index in [1.807, 2.05) is 0 Å². The Kier molecular flexibility index (Phi) is 3.69. The van der Waals surface area contributed by atoms with Gasteiger partial charge in [-0.3, -0.25) is 0 Å². The second kappa shape index (κ2) is 5.09. The molecule has 0 aromatic carbocycles. The van der Waals surface area contributed by atoms with Gasteiger partial charge in [0.15, 0.2) is 6.10 Å². The zero-order chi connectivity index (χ0) is 13.2. The smallest absolute Gasteiger partial charge is 0.332 e. The summed E-state index contributed by atoms with van der Waals surface area (Å²) in [5.41, 5.74) is 0. The fourth-order valence-electron chi connectivity index (χ4n) is 1.80. The van der Waals surface area contributed by atoms with Crippen LogP contribution in [0.25, 0.3) is 0 Å². The Bertz CT molecular complexity index is 510. The molecule has 2 rings (SSSR count). The lowest BCUT2D eigenvalue weighted by Crippen LogP contribution is -2.33. The van der Waals surface area contributed by atoms with E-state index in [0.717, 1.165) is 0 Å². The van der Waals surface area contributed by atoms with Gasteiger partial charge < -0.3 is 14.8 Å². The van der Waals surface area contributed by atoms with Crippen molar-refractivity contribution in [3.63, 3.8) is 0 Å². The van der Waals surface area contributed by atoms with Crippen molar-refractivity contribution < 1.29 is 23.1 Å². The fourth-order valence-corrected chi connectivity index (χ4v) is 2.84. The standard InChI is InChI=1S/C10H14N2O5S/c13-10(14)9-2-1-7(17-9)5-12-18(15,16)8-3-4-11-6-8/h3-4,6-7,9,11-12H,1-2,5H2,(H,13,14). The predicted molar refractivity (Wildman–Crippen MR) is 61.5 cm³/mol. The molecule has 1 aromatic heterocycles. The van der Waals surface area contributed by atoms with E-state index >= 15 is 0 Å². The van der Waals surface area contributed by atoms with Crippen LogP contribution in [0.4, 0.5) is 0 Å². The van der Waals surface area contributed by atoms with Gasteiger partial charge in [-0.25, -0.2) is 17.9 Å². The number of aromatic nitrogens is 1. The van der Waals surface area contributed by atoms with Gasteiger partial charge in [-0.05, 0) is 18.9 Å². The highest BCUT2D eigenvalue weighted by Crippen LogP contribution is 2.19. The molecule has 0 spiro atoms. The van der Waals surface area contributed by atoms with Crippen LogP contribution in [0.1, 0.15) is 12.8 Å². The van der Waals surface area contributed by atoms with E-state index in [2.05, 4.69) is 9.71 Å². The van der Waals surface area contributed by atoms with Crippen molar-refractivity contribution in [1.82, 2.24) is 9.71 Å². The molecular weight excluding hydrogens is 260 g/mol. The minimum absolute atomic E-state index is 0.0806. The Hall–Kier alpha value is -1.38. The number of carbonyl (C=O) groups is 1. The molecule has 1 saturated heterocycles. The molecule has 0 radical (unpaired) electrons. The van der Waals surface area contributed by atoms with Gasteiger partial charge in [0, 0.05) is 18.9 Å². The largest absolute Gasteiger partial charge is 0.479 e. The number of rotatable bonds is 5. The Morgan fingerprint density at radius 3 is 2.89 bits per heavy atom. The molecule has 100 valence electrons. The summed E-state index contributed by atoms with van der Waals surface area (Å²) in [6.07, 6.45) is 2.61. The number of H-pyrrole nitrogens is 1. The van der Waals surface area contributed by atoms with Crippen molar-refractivity contribution in [1.29, 1.82) is 0 Å². The van der Waals surface area contributed by atoms with Crippen LogP contribution in [0, 0.1) is 0 Å². The van der Waals surface area contributed by atoms with Crippen molar-refractivity contribution in [2.45, 2.75) is 29.9 Å². The Balaban J connectivity index is 1.88. The van der Waals surface area contributed by atoms with Crippen molar-refractivity contribution in [3.05, 3.63) is 18.5 Å². The first kappa shape index (κ1) is 13.1. The molecule has 18 heavy (non-hydrogen) atoms. The van der Waals surface area contributed by atoms with Gasteiger partial charge in [0.05, 0.1) is 11.0 Å². The van der Waals surface area contributed by atoms with Crippen LogP contribution in [-0.4, -0.2) is 43.2 Å². The minimum Gasteiger partial charge on any atom is -0.479 e. The zero-order valence-corrected chi connectivity index (χ0v) is 10.3. The number of carboxylic acid groups (broad SMARTS) is 1. The molecule has 1 aromatic rings. The molecule has 0 amide bonds. The Labute approximate surface area is 104 Å². The molecule has 8 heteroatoms. The summed E-state index contributed by atoms with van der Waals surface area (Å²) in [7, 11) is -3.55. The van der Waals surface area contributed by atoms with Crippen molar-refractivity contribution in [2.75, 3.05) is 6.54 Å². The monoisotopic (exact) mass is 274 g/mol. The summed E-state index contributed by atoms with van der Waals surface area (Å²) in [6.45, 7) is 0.0806. The number of hydrogen-bond acceptors (Lipinski definition) is 4. The number of nitrogens with one attached hydrogen (secondary N) is 2. The minimum atomic E-state index is -3.55. The van der Waals surface area contributed by atoms with Crippen LogP contribution in [0.3, 0.4) is 0 Å². The molecule has 2 atom stereocenters. The van der Waals surface area contributed by atoms with E-state index in [0.29, 0.717) is 12.8 Å². The lowest BCUT2D eigenvalue weighted by atomic mass is 10.2. The van der Waals surface area contributed by atoms with Crippen LogP contribution in [-0.2, 0) is 19.6 Å². The molecule has 1 aliphatic rings. The molecule has 2 heterocycles. The second-order valence-electron chi connectivity index (χ2n) is 4.06. The average molecular weight is 274 g/mol. The Morgan fingerprint density at radius 2 is 2.33 bits per heavy atom. The van der Waals surface area contributed by atoms with Gasteiger partial charge in [0.1, 0.15) is 0 Å². The van der Waals surface area contributed by atoms with E-state index in [-0.39, 0.29) is 17.5 Å². The number of ether oxygens (including phenoxy) is 1. The summed E-state index contributed by atoms with van der Waals surface area (Å²) in [5.74, 6) is -1.01. The Morgan fingerprint density at radius 1 is 1.56 bits per heavy atom. The SMILES string of the molecule is O=C(O)C1CCC(CNS(=O)(=O)c2cc[nH]c2)O1. The van der Waals surface area contributed by atoms with Gasteiger partial charge >= 0.3 is 5.97 Å². The highest BCUT2D eigenvalue weighted by Gasteiger charge is 2.31. The van der Waals surface area contributed by atoms with E-state index < -0.39 is 22.1 Å². The van der Waals surface area contributed by atoms with Crippen LogP contribution in [0.15, 0.2) is 23.4 Å².